The highest BCUT2D eigenvalue weighted by Crippen LogP contribution is 2.27. The maximum atomic E-state index is 5.44. The molecule has 0 spiro atoms. The summed E-state index contributed by atoms with van der Waals surface area (Å²) in [7, 11) is 1.67. The van der Waals surface area contributed by atoms with E-state index in [4.69, 9.17) is 17.0 Å². The van der Waals surface area contributed by atoms with Gasteiger partial charge in [-0.15, -0.1) is 0 Å². The van der Waals surface area contributed by atoms with Crippen molar-refractivity contribution in [1.29, 1.82) is 0 Å². The quantitative estimate of drug-likeness (QED) is 0.537. The van der Waals surface area contributed by atoms with E-state index < -0.39 is 0 Å². The molecule has 28 heavy (non-hydrogen) atoms. The second-order valence-corrected chi connectivity index (χ2v) is 7.03. The Labute approximate surface area is 172 Å². The summed E-state index contributed by atoms with van der Waals surface area (Å²) in [6.45, 7) is 1.50. The van der Waals surface area contributed by atoms with Gasteiger partial charge < -0.3 is 15.4 Å². The Kier molecular flexibility index (Phi) is 7.44. The Morgan fingerprint density at radius 1 is 0.821 bits per heavy atom. The fourth-order valence-corrected chi connectivity index (χ4v) is 3.39. The Balaban J connectivity index is 1.51. The molecule has 2 N–H and O–H groups in total. The molecule has 0 unspecified atom stereocenters. The lowest BCUT2D eigenvalue weighted by Gasteiger charge is -2.19. The molecule has 0 aliphatic heterocycles. The van der Waals surface area contributed by atoms with Crippen molar-refractivity contribution in [2.75, 3.05) is 13.7 Å². The number of methoxy groups -OCH3 is 1. The summed E-state index contributed by atoms with van der Waals surface area (Å²) in [5, 5.41) is 7.29. The minimum absolute atomic E-state index is 0.347. The standard InChI is InChI=1S/C24H26N2OS/c1-27-22-14-12-19(13-15-22)18-26-24(28)25-17-16-23(20-8-4-2-5-9-20)21-10-6-3-7-11-21/h2-15,23H,16-18H2,1H3,(H2,25,26,28). The van der Waals surface area contributed by atoms with Gasteiger partial charge in [-0.2, -0.15) is 0 Å². The molecule has 0 atom stereocenters. The first-order valence-corrected chi connectivity index (χ1v) is 9.91. The lowest BCUT2D eigenvalue weighted by atomic mass is 9.88. The minimum atomic E-state index is 0.347. The third-order valence-corrected chi connectivity index (χ3v) is 5.02. The summed E-state index contributed by atoms with van der Waals surface area (Å²) in [6, 6.07) is 29.3. The van der Waals surface area contributed by atoms with Crippen LogP contribution in [0.3, 0.4) is 0 Å². The molecule has 0 bridgehead atoms. The van der Waals surface area contributed by atoms with Gasteiger partial charge in [0.1, 0.15) is 5.75 Å². The molecular weight excluding hydrogens is 364 g/mol. The molecule has 4 heteroatoms. The summed E-state index contributed by atoms with van der Waals surface area (Å²) in [6.07, 6.45) is 0.971. The van der Waals surface area contributed by atoms with Gasteiger partial charge in [0.05, 0.1) is 7.11 Å². The smallest absolute Gasteiger partial charge is 0.166 e. The molecule has 0 saturated carbocycles. The molecule has 3 aromatic rings. The van der Waals surface area contributed by atoms with E-state index in [0.29, 0.717) is 17.6 Å². The van der Waals surface area contributed by atoms with E-state index in [1.807, 2.05) is 24.3 Å². The van der Waals surface area contributed by atoms with Gasteiger partial charge >= 0.3 is 0 Å². The molecule has 0 aliphatic carbocycles. The van der Waals surface area contributed by atoms with Crippen LogP contribution in [0.15, 0.2) is 84.9 Å². The topological polar surface area (TPSA) is 33.3 Å². The Morgan fingerprint density at radius 3 is 1.93 bits per heavy atom. The van der Waals surface area contributed by atoms with Crippen molar-refractivity contribution < 1.29 is 4.74 Å². The van der Waals surface area contributed by atoms with Gasteiger partial charge in [-0.3, -0.25) is 0 Å². The first kappa shape index (κ1) is 19.9. The summed E-state index contributed by atoms with van der Waals surface area (Å²) in [5.41, 5.74) is 3.82. The fraction of sp³-hybridized carbons (Fsp3) is 0.208. The van der Waals surface area contributed by atoms with Crippen molar-refractivity contribution in [1.82, 2.24) is 10.6 Å². The SMILES string of the molecule is COc1ccc(CNC(=S)NCCC(c2ccccc2)c2ccccc2)cc1. The van der Waals surface area contributed by atoms with E-state index in [2.05, 4.69) is 71.3 Å². The lowest BCUT2D eigenvalue weighted by Crippen LogP contribution is -2.35. The molecule has 144 valence electrons. The van der Waals surface area contributed by atoms with Gasteiger partial charge in [-0.05, 0) is 47.5 Å². The van der Waals surface area contributed by atoms with Crippen molar-refractivity contribution in [2.45, 2.75) is 18.9 Å². The average molecular weight is 391 g/mol. The second kappa shape index (κ2) is 10.5. The first-order chi connectivity index (χ1) is 13.8. The summed E-state index contributed by atoms with van der Waals surface area (Å²) in [4.78, 5) is 0. The number of ether oxygens (including phenoxy) is 1. The third kappa shape index (κ3) is 5.83. The van der Waals surface area contributed by atoms with E-state index >= 15 is 0 Å². The van der Waals surface area contributed by atoms with Crippen LogP contribution in [0.2, 0.25) is 0 Å². The van der Waals surface area contributed by atoms with Crippen LogP contribution in [0.25, 0.3) is 0 Å². The van der Waals surface area contributed by atoms with Crippen molar-refractivity contribution >= 4 is 17.3 Å². The van der Waals surface area contributed by atoms with Crippen molar-refractivity contribution in [3.63, 3.8) is 0 Å². The van der Waals surface area contributed by atoms with Crippen LogP contribution in [-0.2, 0) is 6.54 Å². The van der Waals surface area contributed by atoms with Crippen LogP contribution in [0.1, 0.15) is 29.0 Å². The predicted molar refractivity (Wildman–Crippen MR) is 120 cm³/mol. The molecule has 0 aliphatic rings. The number of hydrogen-bond donors (Lipinski definition) is 2. The van der Waals surface area contributed by atoms with E-state index in [1.165, 1.54) is 11.1 Å². The van der Waals surface area contributed by atoms with Crippen LogP contribution < -0.4 is 15.4 Å². The minimum Gasteiger partial charge on any atom is -0.497 e. The monoisotopic (exact) mass is 390 g/mol. The third-order valence-electron chi connectivity index (χ3n) is 4.73. The van der Waals surface area contributed by atoms with E-state index in [1.54, 1.807) is 7.11 Å². The predicted octanol–water partition coefficient (Wildman–Crippen LogP) is 4.88. The number of hydrogen-bond acceptors (Lipinski definition) is 2. The van der Waals surface area contributed by atoms with Gasteiger partial charge in [0.2, 0.25) is 0 Å². The number of rotatable bonds is 8. The molecule has 0 aromatic heterocycles. The second-order valence-electron chi connectivity index (χ2n) is 6.62. The molecule has 0 heterocycles. The maximum absolute atomic E-state index is 5.44. The zero-order chi connectivity index (χ0) is 19.6. The molecule has 0 saturated heterocycles. The van der Waals surface area contributed by atoms with Crippen molar-refractivity contribution in [2.24, 2.45) is 0 Å². The van der Waals surface area contributed by atoms with Gasteiger partial charge in [0, 0.05) is 19.0 Å². The van der Waals surface area contributed by atoms with E-state index in [9.17, 15) is 0 Å². The number of thiocarbonyl (C=S) groups is 1. The highest BCUT2D eigenvalue weighted by Gasteiger charge is 2.13. The number of benzene rings is 3. The highest BCUT2D eigenvalue weighted by atomic mass is 32.1. The molecular formula is C24H26N2OS. The largest absolute Gasteiger partial charge is 0.497 e. The van der Waals surface area contributed by atoms with Crippen LogP contribution in [-0.4, -0.2) is 18.8 Å². The highest BCUT2D eigenvalue weighted by molar-refractivity contribution is 7.80. The molecule has 0 radical (unpaired) electrons. The zero-order valence-corrected chi connectivity index (χ0v) is 16.9. The summed E-state index contributed by atoms with van der Waals surface area (Å²) >= 11 is 5.44. The van der Waals surface area contributed by atoms with Gasteiger partial charge in [0.15, 0.2) is 5.11 Å². The Bertz CT molecular complexity index is 811. The van der Waals surface area contributed by atoms with E-state index in [-0.39, 0.29) is 0 Å². The van der Waals surface area contributed by atoms with Crippen LogP contribution in [0.5, 0.6) is 5.75 Å². The van der Waals surface area contributed by atoms with Crippen LogP contribution in [0, 0.1) is 0 Å². The Hall–Kier alpha value is -2.85. The van der Waals surface area contributed by atoms with Gasteiger partial charge in [-0.25, -0.2) is 0 Å². The lowest BCUT2D eigenvalue weighted by molar-refractivity contribution is 0.414. The molecule has 3 nitrogen and oxygen atoms in total. The van der Waals surface area contributed by atoms with Gasteiger partial charge in [0.25, 0.3) is 0 Å². The molecule has 3 rings (SSSR count). The van der Waals surface area contributed by atoms with Crippen molar-refractivity contribution in [3.05, 3.63) is 102 Å². The Morgan fingerprint density at radius 2 is 1.39 bits per heavy atom. The van der Waals surface area contributed by atoms with E-state index in [0.717, 1.165) is 24.3 Å². The average Bonchev–Trinajstić information content (AvgIpc) is 2.77. The van der Waals surface area contributed by atoms with Gasteiger partial charge in [-0.1, -0.05) is 72.8 Å². The normalized spacial score (nSPS) is 10.5. The summed E-state index contributed by atoms with van der Waals surface area (Å²) in [5.74, 6) is 1.21. The molecule has 0 amide bonds. The van der Waals surface area contributed by atoms with Crippen molar-refractivity contribution in [3.8, 4) is 5.75 Å². The van der Waals surface area contributed by atoms with Crippen LogP contribution in [0.4, 0.5) is 0 Å². The molecule has 0 fully saturated rings. The fourth-order valence-electron chi connectivity index (χ4n) is 3.21. The first-order valence-electron chi connectivity index (χ1n) is 9.51. The maximum Gasteiger partial charge on any atom is 0.166 e. The number of nitrogens with one attached hydrogen (secondary N) is 2. The molecule has 3 aromatic carbocycles. The summed E-state index contributed by atoms with van der Waals surface area (Å²) < 4.78 is 5.18. The van der Waals surface area contributed by atoms with Crippen LogP contribution >= 0.6 is 12.2 Å². The zero-order valence-electron chi connectivity index (χ0n) is 16.1.